The van der Waals surface area contributed by atoms with Gasteiger partial charge in [0.25, 0.3) is 5.56 Å². The standard InChI is InChI=1S/C27H27FN2O4S/c1-4-5-20(31)13-25-23-14-26(32)30(2)15-24(23)22-12-17(16-35(3,33)34)6-11-21(22)27(29-25)18-7-9-19(28)10-8-18/h6-12,14-15,25H,4-5,13,16H2,1-3H3/t25-/m0/s1. The highest BCUT2D eigenvalue weighted by Crippen LogP contribution is 2.39. The van der Waals surface area contributed by atoms with Crippen LogP contribution in [-0.2, 0) is 27.4 Å². The molecular weight excluding hydrogens is 467 g/mol. The Hall–Kier alpha value is -3.39. The summed E-state index contributed by atoms with van der Waals surface area (Å²) in [7, 11) is -1.63. The first kappa shape index (κ1) is 24.7. The number of nitrogens with zero attached hydrogens (tertiary/aromatic N) is 2. The molecule has 0 aliphatic carbocycles. The fraction of sp³-hybridized carbons (Fsp3) is 0.296. The van der Waals surface area contributed by atoms with Crippen LogP contribution in [0.3, 0.4) is 0 Å². The van der Waals surface area contributed by atoms with Crippen molar-refractivity contribution in [2.24, 2.45) is 12.0 Å². The Balaban J connectivity index is 2.02. The summed E-state index contributed by atoms with van der Waals surface area (Å²) in [4.78, 5) is 30.3. The quantitative estimate of drug-likeness (QED) is 0.488. The van der Waals surface area contributed by atoms with E-state index in [4.69, 9.17) is 4.99 Å². The number of hydrogen-bond acceptors (Lipinski definition) is 5. The van der Waals surface area contributed by atoms with E-state index in [9.17, 15) is 22.4 Å². The fourth-order valence-electron chi connectivity index (χ4n) is 4.44. The number of carbonyl (C=O) groups excluding carboxylic acids is 1. The molecule has 0 bridgehead atoms. The summed E-state index contributed by atoms with van der Waals surface area (Å²) in [6.07, 6.45) is 4.13. The Morgan fingerprint density at radius 2 is 1.77 bits per heavy atom. The van der Waals surface area contributed by atoms with Crippen molar-refractivity contribution in [2.45, 2.75) is 38.0 Å². The number of aliphatic imine (C=N–C) groups is 1. The maximum absolute atomic E-state index is 13.7. The van der Waals surface area contributed by atoms with Crippen LogP contribution >= 0.6 is 0 Å². The first-order valence-electron chi connectivity index (χ1n) is 11.4. The number of aromatic nitrogens is 1. The molecule has 8 heteroatoms. The van der Waals surface area contributed by atoms with Crippen molar-refractivity contribution < 1.29 is 17.6 Å². The van der Waals surface area contributed by atoms with Crippen molar-refractivity contribution >= 4 is 21.3 Å². The smallest absolute Gasteiger partial charge is 0.250 e. The van der Waals surface area contributed by atoms with Crippen LogP contribution in [0.1, 0.15) is 54.5 Å². The number of sulfone groups is 1. The van der Waals surface area contributed by atoms with Gasteiger partial charge in [0.05, 0.1) is 17.5 Å². The average molecular weight is 495 g/mol. The molecule has 0 amide bonds. The van der Waals surface area contributed by atoms with Crippen LogP contribution in [0.5, 0.6) is 0 Å². The van der Waals surface area contributed by atoms with Crippen molar-refractivity contribution in [3.63, 3.8) is 0 Å². The molecule has 1 atom stereocenters. The SMILES string of the molecule is CCCC(=O)C[C@@H]1N=C(c2ccc(F)cc2)c2ccc(CS(C)(=O)=O)cc2-c2cn(C)c(=O)cc21. The maximum atomic E-state index is 13.7. The predicted molar refractivity (Wildman–Crippen MR) is 135 cm³/mol. The van der Waals surface area contributed by atoms with Crippen LogP contribution in [0.15, 0.2) is 64.5 Å². The van der Waals surface area contributed by atoms with E-state index in [1.54, 1.807) is 37.5 Å². The number of rotatable bonds is 7. The summed E-state index contributed by atoms with van der Waals surface area (Å²) in [5.41, 5.74) is 4.36. The van der Waals surface area contributed by atoms with E-state index >= 15 is 0 Å². The van der Waals surface area contributed by atoms with Crippen LogP contribution in [0.25, 0.3) is 11.1 Å². The Bertz CT molecular complexity index is 1490. The van der Waals surface area contributed by atoms with Crippen molar-refractivity contribution in [2.75, 3.05) is 6.26 Å². The molecule has 2 heterocycles. The molecule has 1 aliphatic heterocycles. The van der Waals surface area contributed by atoms with E-state index in [2.05, 4.69) is 0 Å². The highest BCUT2D eigenvalue weighted by Gasteiger charge is 2.28. The molecule has 2 aromatic carbocycles. The molecule has 1 aromatic heterocycles. The Labute approximate surface area is 204 Å². The number of halogens is 1. The van der Waals surface area contributed by atoms with Gasteiger partial charge in [-0.2, -0.15) is 0 Å². The van der Waals surface area contributed by atoms with Crippen LogP contribution < -0.4 is 5.56 Å². The van der Waals surface area contributed by atoms with Crippen LogP contribution in [-0.4, -0.2) is 30.7 Å². The second-order valence-corrected chi connectivity index (χ2v) is 11.2. The normalized spacial score (nSPS) is 15.1. The fourth-order valence-corrected chi connectivity index (χ4v) is 5.23. The molecule has 0 saturated heterocycles. The van der Waals surface area contributed by atoms with Gasteiger partial charge in [-0.15, -0.1) is 0 Å². The first-order valence-corrected chi connectivity index (χ1v) is 13.5. The van der Waals surface area contributed by atoms with Gasteiger partial charge < -0.3 is 4.57 Å². The van der Waals surface area contributed by atoms with E-state index in [1.165, 1.54) is 29.0 Å². The van der Waals surface area contributed by atoms with Gasteiger partial charge >= 0.3 is 0 Å². The maximum Gasteiger partial charge on any atom is 0.250 e. The van der Waals surface area contributed by atoms with Crippen LogP contribution in [0.2, 0.25) is 0 Å². The molecule has 0 fully saturated rings. The number of Topliss-reactive ketones (excluding diaryl/α,β-unsaturated/α-hetero) is 1. The summed E-state index contributed by atoms with van der Waals surface area (Å²) < 4.78 is 39.1. The van der Waals surface area contributed by atoms with E-state index < -0.39 is 15.9 Å². The zero-order chi connectivity index (χ0) is 25.3. The minimum absolute atomic E-state index is 0.0371. The largest absolute Gasteiger partial charge is 0.318 e. The number of fused-ring (bicyclic) bond motifs is 3. The van der Waals surface area contributed by atoms with Gasteiger partial charge in [0, 0.05) is 55.1 Å². The van der Waals surface area contributed by atoms with Gasteiger partial charge in [-0.25, -0.2) is 12.8 Å². The molecule has 6 nitrogen and oxygen atoms in total. The van der Waals surface area contributed by atoms with E-state index in [0.29, 0.717) is 46.4 Å². The third-order valence-electron chi connectivity index (χ3n) is 6.03. The zero-order valence-corrected chi connectivity index (χ0v) is 20.7. The lowest BCUT2D eigenvalue weighted by atomic mass is 9.90. The van der Waals surface area contributed by atoms with Crippen molar-refractivity contribution in [3.8, 4) is 11.1 Å². The molecular formula is C27H27FN2O4S. The summed E-state index contributed by atoms with van der Waals surface area (Å²) in [6.45, 7) is 1.93. The Morgan fingerprint density at radius 3 is 2.43 bits per heavy atom. The van der Waals surface area contributed by atoms with Crippen LogP contribution in [0.4, 0.5) is 4.39 Å². The van der Waals surface area contributed by atoms with E-state index in [-0.39, 0.29) is 29.3 Å². The molecule has 3 aromatic rings. The number of ketones is 1. The minimum atomic E-state index is -3.28. The molecule has 182 valence electrons. The van der Waals surface area contributed by atoms with Crippen molar-refractivity contribution in [1.29, 1.82) is 0 Å². The highest BCUT2D eigenvalue weighted by atomic mass is 32.2. The van der Waals surface area contributed by atoms with Gasteiger partial charge in [0.2, 0.25) is 0 Å². The number of pyridine rings is 1. The third-order valence-corrected chi connectivity index (χ3v) is 6.89. The summed E-state index contributed by atoms with van der Waals surface area (Å²) in [5.74, 6) is -0.481. The molecule has 4 rings (SSSR count). The third kappa shape index (κ3) is 5.48. The van der Waals surface area contributed by atoms with Gasteiger partial charge in [-0.3, -0.25) is 14.6 Å². The van der Waals surface area contributed by atoms with Gasteiger partial charge in [-0.1, -0.05) is 19.1 Å². The Kier molecular flexibility index (Phi) is 6.85. The lowest BCUT2D eigenvalue weighted by Gasteiger charge is -2.16. The molecule has 0 radical (unpaired) electrons. The molecule has 0 saturated carbocycles. The molecule has 1 aliphatic rings. The van der Waals surface area contributed by atoms with Gasteiger partial charge in [0.15, 0.2) is 9.84 Å². The molecule has 0 spiro atoms. The second kappa shape index (κ2) is 9.70. The minimum Gasteiger partial charge on any atom is -0.318 e. The molecule has 0 N–H and O–H groups in total. The van der Waals surface area contributed by atoms with Gasteiger partial charge in [-0.05, 0) is 53.4 Å². The molecule has 35 heavy (non-hydrogen) atoms. The van der Waals surface area contributed by atoms with E-state index in [0.717, 1.165) is 5.56 Å². The lowest BCUT2D eigenvalue weighted by Crippen LogP contribution is -2.18. The predicted octanol–water partition coefficient (Wildman–Crippen LogP) is 4.39. The number of carbonyl (C=O) groups is 1. The van der Waals surface area contributed by atoms with Crippen molar-refractivity contribution in [3.05, 3.63) is 93.2 Å². The van der Waals surface area contributed by atoms with Crippen LogP contribution in [0, 0.1) is 5.82 Å². The number of hydrogen-bond donors (Lipinski definition) is 0. The zero-order valence-electron chi connectivity index (χ0n) is 19.9. The monoisotopic (exact) mass is 494 g/mol. The van der Waals surface area contributed by atoms with Gasteiger partial charge in [0.1, 0.15) is 11.6 Å². The topological polar surface area (TPSA) is 85.6 Å². The first-order chi connectivity index (χ1) is 16.6. The molecule has 0 unspecified atom stereocenters. The summed E-state index contributed by atoms with van der Waals surface area (Å²) >= 11 is 0. The summed E-state index contributed by atoms with van der Waals surface area (Å²) in [6, 6.07) is 12.2. The average Bonchev–Trinajstić information content (AvgIpc) is 2.89. The van der Waals surface area contributed by atoms with E-state index in [1.807, 2.05) is 13.0 Å². The lowest BCUT2D eigenvalue weighted by molar-refractivity contribution is -0.119. The second-order valence-electron chi connectivity index (χ2n) is 9.03. The number of benzene rings is 2. The van der Waals surface area contributed by atoms with Crippen molar-refractivity contribution in [1.82, 2.24) is 4.57 Å². The Morgan fingerprint density at radius 1 is 1.06 bits per heavy atom. The highest BCUT2D eigenvalue weighted by molar-refractivity contribution is 7.89. The summed E-state index contributed by atoms with van der Waals surface area (Å²) in [5, 5.41) is 0. The number of aryl methyl sites for hydroxylation is 1.